The Bertz CT molecular complexity index is 488. The smallest absolute Gasteiger partial charge is 0.263 e. The van der Waals surface area contributed by atoms with Crippen LogP contribution in [0.15, 0.2) is 22.6 Å². The normalized spacial score (nSPS) is 10.7. The lowest BCUT2D eigenvalue weighted by Crippen LogP contribution is -1.94. The maximum atomic E-state index is 11.0. The second-order valence-corrected chi connectivity index (χ2v) is 3.08. The molecule has 14 heavy (non-hydrogen) atoms. The molecule has 2 N–H and O–H groups in total. The van der Waals surface area contributed by atoms with Crippen LogP contribution in [0.2, 0.25) is 0 Å². The molecular weight excluding hydrogens is 180 g/mol. The van der Waals surface area contributed by atoms with E-state index in [0.717, 1.165) is 5.56 Å². The Balaban J connectivity index is 2.60. The molecule has 0 fully saturated rings. The third kappa shape index (κ3) is 1.40. The summed E-state index contributed by atoms with van der Waals surface area (Å²) >= 11 is 0. The molecule has 0 spiro atoms. The highest BCUT2D eigenvalue weighted by Gasteiger charge is 2.09. The lowest BCUT2D eigenvalue weighted by molar-refractivity contribution is 0.0983. The summed E-state index contributed by atoms with van der Waals surface area (Å²) in [7, 11) is 0. The summed E-state index contributed by atoms with van der Waals surface area (Å²) in [6.45, 7) is 1.88. The van der Waals surface area contributed by atoms with Gasteiger partial charge in [-0.15, -0.1) is 0 Å². The topological polar surface area (TPSA) is 69.1 Å². The Morgan fingerprint density at radius 3 is 3.00 bits per heavy atom. The third-order valence-electron chi connectivity index (χ3n) is 1.99. The molecule has 72 valence electrons. The predicted octanol–water partition coefficient (Wildman–Crippen LogP) is 1.49. The molecule has 1 heterocycles. The van der Waals surface area contributed by atoms with Crippen LogP contribution in [0.25, 0.3) is 11.1 Å². The van der Waals surface area contributed by atoms with Crippen LogP contribution in [0.1, 0.15) is 23.2 Å². The first kappa shape index (κ1) is 8.90. The number of nitrogens with zero attached hydrogens (tertiary/aromatic N) is 1. The van der Waals surface area contributed by atoms with E-state index < -0.39 is 0 Å². The Morgan fingerprint density at radius 1 is 1.57 bits per heavy atom. The first-order valence-electron chi connectivity index (χ1n) is 4.31. The van der Waals surface area contributed by atoms with Crippen molar-refractivity contribution in [1.29, 1.82) is 0 Å². The Morgan fingerprint density at radius 2 is 2.36 bits per heavy atom. The minimum atomic E-state index is -0.171. The van der Waals surface area contributed by atoms with Crippen LogP contribution < -0.4 is 5.73 Å². The van der Waals surface area contributed by atoms with Crippen LogP contribution in [0.5, 0.6) is 0 Å². The highest BCUT2D eigenvalue weighted by atomic mass is 16.4. The van der Waals surface area contributed by atoms with Crippen molar-refractivity contribution in [3.63, 3.8) is 0 Å². The molecule has 1 aromatic heterocycles. The van der Waals surface area contributed by atoms with E-state index in [2.05, 4.69) is 4.98 Å². The Kier molecular flexibility index (Phi) is 2.05. The standard InChI is InChI=1S/C10H10N2O2/c1-6(13)10-12-8-3-2-7(5-11)4-9(8)14-10/h2-4H,5,11H2,1H3. The number of fused-ring (bicyclic) bond motifs is 1. The molecule has 0 unspecified atom stereocenters. The van der Waals surface area contributed by atoms with Crippen molar-refractivity contribution in [3.05, 3.63) is 29.7 Å². The number of carbonyl (C=O) groups excluding carboxylic acids is 1. The van der Waals surface area contributed by atoms with Gasteiger partial charge >= 0.3 is 0 Å². The zero-order valence-corrected chi connectivity index (χ0v) is 7.78. The molecule has 0 saturated carbocycles. The molecule has 0 aliphatic rings. The van der Waals surface area contributed by atoms with Gasteiger partial charge in [-0.2, -0.15) is 0 Å². The van der Waals surface area contributed by atoms with Crippen LogP contribution in [0, 0.1) is 0 Å². The molecule has 2 aromatic rings. The van der Waals surface area contributed by atoms with E-state index >= 15 is 0 Å². The van der Waals surface area contributed by atoms with Crippen LogP contribution in [-0.4, -0.2) is 10.8 Å². The average Bonchev–Trinajstić information content (AvgIpc) is 2.59. The van der Waals surface area contributed by atoms with Gasteiger partial charge in [-0.25, -0.2) is 4.98 Å². The van der Waals surface area contributed by atoms with Gasteiger partial charge in [-0.1, -0.05) is 6.07 Å². The van der Waals surface area contributed by atoms with E-state index in [4.69, 9.17) is 10.2 Å². The highest BCUT2D eigenvalue weighted by Crippen LogP contribution is 2.17. The third-order valence-corrected chi connectivity index (χ3v) is 1.99. The summed E-state index contributed by atoms with van der Waals surface area (Å²) < 4.78 is 5.26. The second kappa shape index (κ2) is 3.23. The maximum Gasteiger partial charge on any atom is 0.263 e. The number of benzene rings is 1. The van der Waals surface area contributed by atoms with Gasteiger partial charge in [0.25, 0.3) is 5.89 Å². The molecule has 0 aliphatic carbocycles. The molecule has 0 amide bonds. The number of nitrogens with two attached hydrogens (primary N) is 1. The summed E-state index contributed by atoms with van der Waals surface area (Å²) in [6.07, 6.45) is 0. The molecule has 4 nitrogen and oxygen atoms in total. The van der Waals surface area contributed by atoms with Crippen LogP contribution in [0.4, 0.5) is 0 Å². The van der Waals surface area contributed by atoms with Crippen LogP contribution >= 0.6 is 0 Å². The van der Waals surface area contributed by atoms with Gasteiger partial charge in [-0.3, -0.25) is 4.79 Å². The molecule has 2 rings (SSSR count). The molecule has 0 atom stereocenters. The SMILES string of the molecule is CC(=O)c1nc2ccc(CN)cc2o1. The second-order valence-electron chi connectivity index (χ2n) is 3.08. The number of oxazole rings is 1. The van der Waals surface area contributed by atoms with Crippen molar-refractivity contribution in [1.82, 2.24) is 4.98 Å². The average molecular weight is 190 g/mol. The molecule has 1 aromatic carbocycles. The Labute approximate surface area is 80.7 Å². The van der Waals surface area contributed by atoms with E-state index in [1.807, 2.05) is 6.07 Å². The Hall–Kier alpha value is -1.68. The molecular formula is C10H10N2O2. The first-order chi connectivity index (χ1) is 6.70. The quantitative estimate of drug-likeness (QED) is 0.728. The van der Waals surface area contributed by atoms with Gasteiger partial charge in [0.2, 0.25) is 5.78 Å². The van der Waals surface area contributed by atoms with Crippen molar-refractivity contribution >= 4 is 16.9 Å². The maximum absolute atomic E-state index is 11.0. The van der Waals surface area contributed by atoms with Crippen LogP contribution in [0.3, 0.4) is 0 Å². The molecule has 0 saturated heterocycles. The molecule has 0 radical (unpaired) electrons. The summed E-state index contributed by atoms with van der Waals surface area (Å²) in [4.78, 5) is 15.0. The van der Waals surface area contributed by atoms with Crippen molar-refractivity contribution < 1.29 is 9.21 Å². The van der Waals surface area contributed by atoms with E-state index in [-0.39, 0.29) is 11.7 Å². The lowest BCUT2D eigenvalue weighted by Gasteiger charge is -1.92. The molecule has 4 heteroatoms. The zero-order chi connectivity index (χ0) is 10.1. The number of rotatable bonds is 2. The summed E-state index contributed by atoms with van der Waals surface area (Å²) in [5.41, 5.74) is 7.74. The van der Waals surface area contributed by atoms with Crippen molar-refractivity contribution in [2.24, 2.45) is 5.73 Å². The number of carbonyl (C=O) groups is 1. The van der Waals surface area contributed by atoms with E-state index in [9.17, 15) is 4.79 Å². The highest BCUT2D eigenvalue weighted by molar-refractivity contribution is 5.92. The fourth-order valence-corrected chi connectivity index (χ4v) is 1.25. The van der Waals surface area contributed by atoms with Gasteiger partial charge in [-0.05, 0) is 17.7 Å². The first-order valence-corrected chi connectivity index (χ1v) is 4.31. The minimum absolute atomic E-state index is 0.147. The summed E-state index contributed by atoms with van der Waals surface area (Å²) in [5.74, 6) is -0.0235. The number of Topliss-reactive ketones (excluding diaryl/α,β-unsaturated/α-hetero) is 1. The predicted molar refractivity (Wildman–Crippen MR) is 51.9 cm³/mol. The van der Waals surface area contributed by atoms with Gasteiger partial charge < -0.3 is 10.2 Å². The van der Waals surface area contributed by atoms with Gasteiger partial charge in [0.1, 0.15) is 5.52 Å². The van der Waals surface area contributed by atoms with Crippen molar-refractivity contribution in [2.75, 3.05) is 0 Å². The van der Waals surface area contributed by atoms with E-state index in [1.54, 1.807) is 12.1 Å². The van der Waals surface area contributed by atoms with Gasteiger partial charge in [0.15, 0.2) is 5.58 Å². The summed E-state index contributed by atoms with van der Waals surface area (Å²) in [6, 6.07) is 5.47. The molecule has 0 aliphatic heterocycles. The van der Waals surface area contributed by atoms with Crippen molar-refractivity contribution in [2.45, 2.75) is 13.5 Å². The molecule has 0 bridgehead atoms. The fraction of sp³-hybridized carbons (Fsp3) is 0.200. The minimum Gasteiger partial charge on any atom is -0.434 e. The van der Waals surface area contributed by atoms with Gasteiger partial charge in [0.05, 0.1) is 0 Å². The summed E-state index contributed by atoms with van der Waals surface area (Å²) in [5, 5.41) is 0. The number of hydrogen-bond acceptors (Lipinski definition) is 4. The monoisotopic (exact) mass is 190 g/mol. The largest absolute Gasteiger partial charge is 0.434 e. The number of hydrogen-bond donors (Lipinski definition) is 1. The number of ketones is 1. The van der Waals surface area contributed by atoms with E-state index in [0.29, 0.717) is 17.6 Å². The van der Waals surface area contributed by atoms with Gasteiger partial charge in [0, 0.05) is 13.5 Å². The fourth-order valence-electron chi connectivity index (χ4n) is 1.25. The zero-order valence-electron chi connectivity index (χ0n) is 7.78. The lowest BCUT2D eigenvalue weighted by atomic mass is 10.2. The van der Waals surface area contributed by atoms with E-state index in [1.165, 1.54) is 6.92 Å². The van der Waals surface area contributed by atoms with Crippen molar-refractivity contribution in [3.8, 4) is 0 Å². The number of aromatic nitrogens is 1. The van der Waals surface area contributed by atoms with Crippen LogP contribution in [-0.2, 0) is 6.54 Å².